The molecule has 0 atom stereocenters. The zero-order valence-corrected chi connectivity index (χ0v) is 14.5. The Balaban J connectivity index is 1.82. The predicted molar refractivity (Wildman–Crippen MR) is 85.4 cm³/mol. The number of nitrogens with one attached hydrogen (secondary N) is 1. The van der Waals surface area contributed by atoms with Gasteiger partial charge < -0.3 is 10.1 Å². The number of ether oxygens (including phenoxy) is 1. The van der Waals surface area contributed by atoms with Crippen LogP contribution in [0.15, 0.2) is 21.7 Å². The van der Waals surface area contributed by atoms with Gasteiger partial charge in [-0.2, -0.15) is 4.31 Å². The fourth-order valence-corrected chi connectivity index (χ4v) is 5.04. The van der Waals surface area contributed by atoms with Crippen LogP contribution in [0.3, 0.4) is 0 Å². The SMILES string of the molecule is COC(=O)CCNC(=O)C1CCN(S(=O)(=O)c2cccs2)CC1. The van der Waals surface area contributed by atoms with Crippen molar-refractivity contribution in [3.63, 3.8) is 0 Å². The first-order valence-corrected chi connectivity index (χ1v) is 9.65. The first kappa shape index (κ1) is 17.9. The van der Waals surface area contributed by atoms with Crippen molar-refractivity contribution in [3.05, 3.63) is 17.5 Å². The number of nitrogens with zero attached hydrogens (tertiary/aromatic N) is 1. The molecule has 1 aromatic heterocycles. The number of amides is 1. The molecule has 0 spiro atoms. The van der Waals surface area contributed by atoms with Crippen LogP contribution in [-0.2, 0) is 24.3 Å². The van der Waals surface area contributed by atoms with E-state index in [1.54, 1.807) is 17.5 Å². The molecule has 0 unspecified atom stereocenters. The van der Waals surface area contributed by atoms with Crippen LogP contribution < -0.4 is 5.32 Å². The molecule has 23 heavy (non-hydrogen) atoms. The number of hydrogen-bond acceptors (Lipinski definition) is 6. The molecular formula is C14H20N2O5S2. The molecule has 1 aromatic rings. The molecule has 1 aliphatic heterocycles. The van der Waals surface area contributed by atoms with Crippen LogP contribution in [0.2, 0.25) is 0 Å². The van der Waals surface area contributed by atoms with Gasteiger partial charge in [0.2, 0.25) is 5.91 Å². The summed E-state index contributed by atoms with van der Waals surface area (Å²) in [5, 5.41) is 4.42. The number of esters is 1. The van der Waals surface area contributed by atoms with Crippen LogP contribution in [0.4, 0.5) is 0 Å². The van der Waals surface area contributed by atoms with Gasteiger partial charge in [-0.05, 0) is 24.3 Å². The Morgan fingerprint density at radius 3 is 2.65 bits per heavy atom. The topological polar surface area (TPSA) is 92.8 Å². The molecule has 1 aliphatic rings. The Morgan fingerprint density at radius 2 is 2.09 bits per heavy atom. The van der Waals surface area contributed by atoms with Crippen molar-refractivity contribution in [3.8, 4) is 0 Å². The summed E-state index contributed by atoms with van der Waals surface area (Å²) in [7, 11) is -2.14. The molecule has 0 saturated carbocycles. The fraction of sp³-hybridized carbons (Fsp3) is 0.571. The fourth-order valence-electron chi connectivity index (χ4n) is 2.43. The van der Waals surface area contributed by atoms with Crippen LogP contribution in [0.5, 0.6) is 0 Å². The van der Waals surface area contributed by atoms with Crippen molar-refractivity contribution in [2.45, 2.75) is 23.5 Å². The molecule has 0 bridgehead atoms. The first-order chi connectivity index (χ1) is 10.9. The third-order valence-corrected chi connectivity index (χ3v) is 7.04. The summed E-state index contributed by atoms with van der Waals surface area (Å²) in [4.78, 5) is 23.0. The molecule has 9 heteroatoms. The summed E-state index contributed by atoms with van der Waals surface area (Å²) in [6, 6.07) is 3.30. The normalized spacial score (nSPS) is 16.9. The predicted octanol–water partition coefficient (Wildman–Crippen LogP) is 0.828. The maximum absolute atomic E-state index is 12.4. The Bertz CT molecular complexity index is 634. The molecule has 0 aromatic carbocycles. The van der Waals surface area contributed by atoms with E-state index in [2.05, 4.69) is 10.1 Å². The van der Waals surface area contributed by atoms with Crippen LogP contribution >= 0.6 is 11.3 Å². The van der Waals surface area contributed by atoms with Crippen LogP contribution in [0.1, 0.15) is 19.3 Å². The van der Waals surface area contributed by atoms with E-state index in [0.29, 0.717) is 30.1 Å². The van der Waals surface area contributed by atoms with Gasteiger partial charge in [0, 0.05) is 25.6 Å². The van der Waals surface area contributed by atoms with Crippen LogP contribution in [-0.4, -0.2) is 51.3 Å². The third kappa shape index (κ3) is 4.52. The summed E-state index contributed by atoms with van der Waals surface area (Å²) in [5.41, 5.74) is 0. The highest BCUT2D eigenvalue weighted by atomic mass is 32.2. The molecule has 2 rings (SSSR count). The van der Waals surface area contributed by atoms with Crippen LogP contribution in [0, 0.1) is 5.92 Å². The lowest BCUT2D eigenvalue weighted by Crippen LogP contribution is -2.43. The summed E-state index contributed by atoms with van der Waals surface area (Å²) < 4.78 is 31.0. The number of thiophene rings is 1. The second kappa shape index (κ2) is 7.89. The molecular weight excluding hydrogens is 340 g/mol. The van der Waals surface area contributed by atoms with Gasteiger partial charge in [0.15, 0.2) is 0 Å². The van der Waals surface area contributed by atoms with E-state index >= 15 is 0 Å². The largest absolute Gasteiger partial charge is 0.469 e. The average molecular weight is 360 g/mol. The van der Waals surface area contributed by atoms with Crippen molar-refractivity contribution in [2.75, 3.05) is 26.7 Å². The van der Waals surface area contributed by atoms with Gasteiger partial charge >= 0.3 is 5.97 Å². The highest BCUT2D eigenvalue weighted by Gasteiger charge is 2.32. The smallest absolute Gasteiger partial charge is 0.307 e. The van der Waals surface area contributed by atoms with Gasteiger partial charge in [-0.1, -0.05) is 6.07 Å². The molecule has 1 amide bonds. The number of methoxy groups -OCH3 is 1. The third-order valence-electron chi connectivity index (χ3n) is 3.77. The number of sulfonamides is 1. The van der Waals surface area contributed by atoms with Gasteiger partial charge in [-0.15, -0.1) is 11.3 Å². The van der Waals surface area contributed by atoms with Crippen molar-refractivity contribution in [1.82, 2.24) is 9.62 Å². The van der Waals surface area contributed by atoms with Gasteiger partial charge in [0.1, 0.15) is 4.21 Å². The van der Waals surface area contributed by atoms with Crippen molar-refractivity contribution >= 4 is 33.2 Å². The Morgan fingerprint density at radius 1 is 1.39 bits per heavy atom. The van der Waals surface area contributed by atoms with Gasteiger partial charge in [-0.25, -0.2) is 8.42 Å². The average Bonchev–Trinajstić information content (AvgIpc) is 3.10. The van der Waals surface area contributed by atoms with Crippen molar-refractivity contribution in [2.24, 2.45) is 5.92 Å². The number of hydrogen-bond donors (Lipinski definition) is 1. The van der Waals surface area contributed by atoms with E-state index in [-0.39, 0.29) is 30.8 Å². The van der Waals surface area contributed by atoms with Crippen molar-refractivity contribution < 1.29 is 22.7 Å². The summed E-state index contributed by atoms with van der Waals surface area (Å²) in [6.07, 6.45) is 1.09. The zero-order valence-electron chi connectivity index (χ0n) is 12.9. The standard InChI is InChI=1S/C14H20N2O5S2/c1-21-12(17)4-7-15-14(18)11-5-8-16(9-6-11)23(19,20)13-3-2-10-22-13/h2-3,10-11H,4-9H2,1H3,(H,15,18). The summed E-state index contributed by atoms with van der Waals surface area (Å²) >= 11 is 1.19. The summed E-state index contributed by atoms with van der Waals surface area (Å²) in [6.45, 7) is 0.893. The van der Waals surface area contributed by atoms with E-state index in [1.807, 2.05) is 0 Å². The lowest BCUT2D eigenvalue weighted by atomic mass is 9.97. The Kier molecular flexibility index (Phi) is 6.14. The lowest BCUT2D eigenvalue weighted by Gasteiger charge is -2.30. The quantitative estimate of drug-likeness (QED) is 0.759. The number of piperidine rings is 1. The number of carbonyl (C=O) groups is 2. The Labute approximate surface area is 139 Å². The van der Waals surface area contributed by atoms with E-state index < -0.39 is 10.0 Å². The van der Waals surface area contributed by atoms with E-state index in [1.165, 1.54) is 22.8 Å². The maximum atomic E-state index is 12.4. The molecule has 1 N–H and O–H groups in total. The summed E-state index contributed by atoms with van der Waals surface area (Å²) in [5.74, 6) is -0.730. The minimum Gasteiger partial charge on any atom is -0.469 e. The Hall–Kier alpha value is -1.45. The van der Waals surface area contributed by atoms with E-state index in [9.17, 15) is 18.0 Å². The minimum atomic E-state index is -3.44. The highest BCUT2D eigenvalue weighted by molar-refractivity contribution is 7.91. The first-order valence-electron chi connectivity index (χ1n) is 7.33. The lowest BCUT2D eigenvalue weighted by molar-refractivity contribution is -0.140. The molecule has 2 heterocycles. The maximum Gasteiger partial charge on any atom is 0.307 e. The van der Waals surface area contributed by atoms with E-state index in [0.717, 1.165) is 0 Å². The minimum absolute atomic E-state index is 0.133. The number of rotatable bonds is 6. The van der Waals surface area contributed by atoms with Gasteiger partial charge in [-0.3, -0.25) is 9.59 Å². The van der Waals surface area contributed by atoms with Gasteiger partial charge in [0.05, 0.1) is 13.5 Å². The second-order valence-corrected chi connectivity index (χ2v) is 8.34. The second-order valence-electron chi connectivity index (χ2n) is 5.23. The highest BCUT2D eigenvalue weighted by Crippen LogP contribution is 2.26. The molecule has 7 nitrogen and oxygen atoms in total. The van der Waals surface area contributed by atoms with Crippen LogP contribution in [0.25, 0.3) is 0 Å². The molecule has 0 radical (unpaired) electrons. The number of carbonyl (C=O) groups excluding carboxylic acids is 2. The van der Waals surface area contributed by atoms with Crippen molar-refractivity contribution in [1.29, 1.82) is 0 Å². The monoisotopic (exact) mass is 360 g/mol. The van der Waals surface area contributed by atoms with Gasteiger partial charge in [0.25, 0.3) is 10.0 Å². The zero-order chi connectivity index (χ0) is 16.9. The molecule has 1 saturated heterocycles. The molecule has 1 fully saturated rings. The molecule has 128 valence electrons. The molecule has 0 aliphatic carbocycles. The van der Waals surface area contributed by atoms with E-state index in [4.69, 9.17) is 0 Å².